The van der Waals surface area contributed by atoms with Crippen LogP contribution in [-0.2, 0) is 12.1 Å². The molecular formula is C15H16N6. The fourth-order valence-corrected chi connectivity index (χ4v) is 2.11. The molecule has 0 saturated carbocycles. The van der Waals surface area contributed by atoms with Crippen LogP contribution in [-0.4, -0.2) is 21.3 Å². The van der Waals surface area contributed by atoms with Crippen molar-refractivity contribution < 1.29 is 0 Å². The average molecular weight is 280 g/mol. The van der Waals surface area contributed by atoms with E-state index in [0.717, 1.165) is 12.0 Å². The van der Waals surface area contributed by atoms with Gasteiger partial charge in [-0.1, -0.05) is 37.3 Å². The first-order valence-electron chi connectivity index (χ1n) is 6.75. The van der Waals surface area contributed by atoms with E-state index in [1.54, 1.807) is 0 Å². The highest BCUT2D eigenvalue weighted by Gasteiger charge is 2.32. The zero-order valence-corrected chi connectivity index (χ0v) is 11.8. The van der Waals surface area contributed by atoms with Crippen LogP contribution in [0.5, 0.6) is 0 Å². The Morgan fingerprint density at radius 2 is 2.05 bits per heavy atom. The second kappa shape index (κ2) is 6.65. The van der Waals surface area contributed by atoms with Crippen molar-refractivity contribution in [2.45, 2.75) is 25.4 Å². The quantitative estimate of drug-likeness (QED) is 0.867. The molecule has 6 nitrogen and oxygen atoms in total. The zero-order valence-electron chi connectivity index (χ0n) is 11.8. The molecule has 21 heavy (non-hydrogen) atoms. The maximum Gasteiger partial charge on any atom is 0.252 e. The summed E-state index contributed by atoms with van der Waals surface area (Å²) in [7, 11) is 0. The molecule has 0 aliphatic carbocycles. The van der Waals surface area contributed by atoms with E-state index in [0.29, 0.717) is 13.1 Å². The minimum atomic E-state index is -0.891. The predicted molar refractivity (Wildman–Crippen MR) is 76.8 cm³/mol. The molecule has 0 bridgehead atoms. The van der Waals surface area contributed by atoms with Crippen molar-refractivity contribution >= 4 is 0 Å². The zero-order chi connectivity index (χ0) is 15.1. The van der Waals surface area contributed by atoms with Gasteiger partial charge >= 0.3 is 0 Å². The maximum absolute atomic E-state index is 9.74. The molecule has 1 aromatic carbocycles. The van der Waals surface area contributed by atoms with Crippen LogP contribution in [0.25, 0.3) is 0 Å². The summed E-state index contributed by atoms with van der Waals surface area (Å²) in [4.78, 5) is 3.88. The third kappa shape index (κ3) is 3.25. The number of rotatable bonds is 6. The topological polar surface area (TPSA) is 90.3 Å². The number of nitrogens with zero attached hydrogens (tertiary/aromatic N) is 5. The first kappa shape index (κ1) is 14.7. The van der Waals surface area contributed by atoms with Crippen LogP contribution in [0.3, 0.4) is 0 Å². The summed E-state index contributed by atoms with van der Waals surface area (Å²) >= 11 is 0. The van der Waals surface area contributed by atoms with Crippen molar-refractivity contribution in [3.05, 3.63) is 48.0 Å². The Labute approximate surface area is 123 Å². The van der Waals surface area contributed by atoms with Crippen LogP contribution < -0.4 is 5.32 Å². The van der Waals surface area contributed by atoms with Gasteiger partial charge < -0.3 is 0 Å². The average Bonchev–Trinajstić information content (AvgIpc) is 3.00. The Kier molecular flexibility index (Phi) is 4.65. The monoisotopic (exact) mass is 280 g/mol. The predicted octanol–water partition coefficient (Wildman–Crippen LogP) is 1.57. The standard InChI is InChI=1S/C15H16N6/c1-2-8-19-15(10-17,13-6-4-3-5-7-13)11-21-12-18-14(9-16)20-21/h3-7,12,19H,2,8,11H2,1H3. The van der Waals surface area contributed by atoms with E-state index in [1.165, 1.54) is 11.0 Å². The van der Waals surface area contributed by atoms with Crippen LogP contribution in [0.4, 0.5) is 0 Å². The number of nitriles is 2. The van der Waals surface area contributed by atoms with Crippen molar-refractivity contribution in [1.82, 2.24) is 20.1 Å². The fourth-order valence-electron chi connectivity index (χ4n) is 2.11. The summed E-state index contributed by atoms with van der Waals surface area (Å²) in [6.07, 6.45) is 2.39. The Bertz CT molecular complexity index is 663. The molecule has 1 atom stereocenters. The summed E-state index contributed by atoms with van der Waals surface area (Å²) < 4.78 is 1.53. The first-order valence-corrected chi connectivity index (χ1v) is 6.75. The lowest BCUT2D eigenvalue weighted by molar-refractivity contribution is 0.351. The highest BCUT2D eigenvalue weighted by Crippen LogP contribution is 2.22. The van der Waals surface area contributed by atoms with Gasteiger partial charge in [-0.05, 0) is 18.5 Å². The van der Waals surface area contributed by atoms with E-state index < -0.39 is 5.54 Å². The molecule has 0 spiro atoms. The SMILES string of the molecule is CCCNC(C#N)(Cn1cnc(C#N)n1)c1ccccc1. The largest absolute Gasteiger partial charge is 0.294 e. The summed E-state index contributed by atoms with van der Waals surface area (Å²) in [5.41, 5.74) is -0.0208. The van der Waals surface area contributed by atoms with Gasteiger partial charge in [0.25, 0.3) is 5.82 Å². The Morgan fingerprint density at radius 1 is 1.29 bits per heavy atom. The number of benzene rings is 1. The number of hydrogen-bond acceptors (Lipinski definition) is 5. The van der Waals surface area contributed by atoms with Crippen LogP contribution in [0, 0.1) is 22.7 Å². The van der Waals surface area contributed by atoms with Gasteiger partial charge in [0.15, 0.2) is 5.54 Å². The molecule has 1 heterocycles. The van der Waals surface area contributed by atoms with Gasteiger partial charge in [-0.3, -0.25) is 5.32 Å². The van der Waals surface area contributed by atoms with Gasteiger partial charge in [0.1, 0.15) is 12.4 Å². The van der Waals surface area contributed by atoms with E-state index in [2.05, 4.69) is 21.5 Å². The molecule has 0 fully saturated rings. The maximum atomic E-state index is 9.74. The first-order chi connectivity index (χ1) is 10.2. The van der Waals surface area contributed by atoms with Crippen molar-refractivity contribution in [2.24, 2.45) is 0 Å². The van der Waals surface area contributed by atoms with E-state index in [4.69, 9.17) is 5.26 Å². The summed E-state index contributed by atoms with van der Waals surface area (Å²) in [5, 5.41) is 25.9. The molecule has 1 aromatic heterocycles. The van der Waals surface area contributed by atoms with E-state index in [-0.39, 0.29) is 5.82 Å². The minimum Gasteiger partial charge on any atom is -0.294 e. The molecule has 0 saturated heterocycles. The van der Waals surface area contributed by atoms with Gasteiger partial charge in [-0.15, -0.1) is 5.10 Å². The Hall–Kier alpha value is -2.70. The molecule has 2 rings (SSSR count). The third-order valence-electron chi connectivity index (χ3n) is 3.17. The highest BCUT2D eigenvalue weighted by molar-refractivity contribution is 5.31. The van der Waals surface area contributed by atoms with Gasteiger partial charge in [0.2, 0.25) is 0 Å². The molecular weight excluding hydrogens is 264 g/mol. The normalized spacial score (nSPS) is 13.1. The van der Waals surface area contributed by atoms with Crippen LogP contribution in [0.15, 0.2) is 36.7 Å². The molecule has 0 aliphatic rings. The Morgan fingerprint density at radius 3 is 2.62 bits per heavy atom. The molecule has 106 valence electrons. The second-order valence-corrected chi connectivity index (χ2v) is 4.69. The molecule has 0 radical (unpaired) electrons. The summed E-state index contributed by atoms with van der Waals surface area (Å²) in [5.74, 6) is 0.102. The smallest absolute Gasteiger partial charge is 0.252 e. The van der Waals surface area contributed by atoms with Crippen LogP contribution in [0.1, 0.15) is 24.7 Å². The lowest BCUT2D eigenvalue weighted by Crippen LogP contribution is -2.45. The lowest BCUT2D eigenvalue weighted by Gasteiger charge is -2.28. The van der Waals surface area contributed by atoms with Crippen molar-refractivity contribution in [3.8, 4) is 12.1 Å². The van der Waals surface area contributed by atoms with Crippen molar-refractivity contribution in [3.63, 3.8) is 0 Å². The van der Waals surface area contributed by atoms with Gasteiger partial charge in [0.05, 0.1) is 12.6 Å². The fraction of sp³-hybridized carbons (Fsp3) is 0.333. The second-order valence-electron chi connectivity index (χ2n) is 4.69. The number of nitrogens with one attached hydrogen (secondary N) is 1. The summed E-state index contributed by atoms with van der Waals surface area (Å²) in [6, 6.07) is 13.8. The van der Waals surface area contributed by atoms with Crippen molar-refractivity contribution in [2.75, 3.05) is 6.54 Å². The van der Waals surface area contributed by atoms with E-state index in [9.17, 15) is 5.26 Å². The molecule has 0 aliphatic heterocycles. The number of aromatic nitrogens is 3. The molecule has 1 unspecified atom stereocenters. The van der Waals surface area contributed by atoms with Gasteiger partial charge in [0, 0.05) is 0 Å². The Balaban J connectivity index is 2.36. The van der Waals surface area contributed by atoms with Gasteiger partial charge in [-0.2, -0.15) is 10.5 Å². The molecule has 0 amide bonds. The molecule has 2 aromatic rings. The highest BCUT2D eigenvalue weighted by atomic mass is 15.3. The van der Waals surface area contributed by atoms with E-state index in [1.807, 2.05) is 43.3 Å². The summed E-state index contributed by atoms with van der Waals surface area (Å²) in [6.45, 7) is 3.05. The number of hydrogen-bond donors (Lipinski definition) is 1. The van der Waals surface area contributed by atoms with Crippen LogP contribution in [0.2, 0.25) is 0 Å². The lowest BCUT2D eigenvalue weighted by atomic mass is 9.91. The third-order valence-corrected chi connectivity index (χ3v) is 3.17. The molecule has 1 N–H and O–H groups in total. The van der Waals surface area contributed by atoms with Crippen molar-refractivity contribution in [1.29, 1.82) is 10.5 Å². The van der Waals surface area contributed by atoms with Crippen LogP contribution >= 0.6 is 0 Å². The minimum absolute atomic E-state index is 0.102. The van der Waals surface area contributed by atoms with Gasteiger partial charge in [-0.25, -0.2) is 9.67 Å². The van der Waals surface area contributed by atoms with E-state index >= 15 is 0 Å². The molecule has 6 heteroatoms.